The number of ether oxygens (including phenoxy) is 2. The monoisotopic (exact) mass is 538 g/mol. The number of nitrogens with zero attached hydrogens (tertiary/aromatic N) is 2. The Kier molecular flexibility index (Phi) is 6.12. The molecule has 1 saturated carbocycles. The summed E-state index contributed by atoms with van der Waals surface area (Å²) in [7, 11) is 0. The van der Waals surface area contributed by atoms with Crippen molar-refractivity contribution in [1.82, 2.24) is 9.29 Å². The lowest BCUT2D eigenvalue weighted by Crippen LogP contribution is -2.40. The van der Waals surface area contributed by atoms with Gasteiger partial charge in [0.05, 0.1) is 6.61 Å². The summed E-state index contributed by atoms with van der Waals surface area (Å²) in [6, 6.07) is 1.99. The first-order chi connectivity index (χ1) is 12.8. The van der Waals surface area contributed by atoms with Crippen LogP contribution >= 0.6 is 46.1 Å². The lowest BCUT2D eigenvalue weighted by atomic mass is 9.83. The molecule has 0 bridgehead atoms. The van der Waals surface area contributed by atoms with Crippen LogP contribution in [-0.4, -0.2) is 32.5 Å². The zero-order chi connectivity index (χ0) is 20.9. The molecule has 5 nitrogen and oxygen atoms in total. The Morgan fingerprint density at radius 1 is 1.36 bits per heavy atom. The van der Waals surface area contributed by atoms with Crippen LogP contribution in [0.1, 0.15) is 59.9 Å². The van der Waals surface area contributed by atoms with Crippen LogP contribution in [0, 0.1) is 15.0 Å². The van der Waals surface area contributed by atoms with Crippen molar-refractivity contribution >= 4 is 52.2 Å². The third-order valence-corrected chi connectivity index (χ3v) is 7.76. The zero-order valence-corrected chi connectivity index (χ0v) is 21.0. The van der Waals surface area contributed by atoms with E-state index in [2.05, 4.69) is 48.3 Å². The van der Waals surface area contributed by atoms with Crippen LogP contribution in [0.4, 0.5) is 4.79 Å². The van der Waals surface area contributed by atoms with Crippen molar-refractivity contribution in [3.63, 3.8) is 0 Å². The minimum atomic E-state index is -0.524. The van der Waals surface area contributed by atoms with Crippen molar-refractivity contribution in [3.8, 4) is 5.75 Å². The second kappa shape index (κ2) is 7.69. The SMILES string of the molecule is CC(C)(C)OC(=O)N1S[C@@]1(Cc1cc(OCC2CC2)c(Cl)nc1I)C(C)(C)C. The molecule has 8 heteroatoms. The first-order valence-electron chi connectivity index (χ1n) is 9.52. The molecule has 1 saturated heterocycles. The van der Waals surface area contributed by atoms with Gasteiger partial charge >= 0.3 is 6.09 Å². The summed E-state index contributed by atoms with van der Waals surface area (Å²) in [4.78, 5) is 16.8. The normalized spacial score (nSPS) is 22.2. The molecule has 0 spiro atoms. The molecule has 1 aromatic rings. The van der Waals surface area contributed by atoms with Gasteiger partial charge in [0.2, 0.25) is 0 Å². The van der Waals surface area contributed by atoms with Crippen LogP contribution in [0.2, 0.25) is 5.15 Å². The first-order valence-corrected chi connectivity index (χ1v) is 11.8. The predicted octanol–water partition coefficient (Wildman–Crippen LogP) is 6.31. The average molecular weight is 539 g/mol. The molecule has 2 aliphatic rings. The Hall–Kier alpha value is -0.410. The van der Waals surface area contributed by atoms with Crippen LogP contribution in [0.15, 0.2) is 6.07 Å². The minimum Gasteiger partial charge on any atom is -0.490 e. The van der Waals surface area contributed by atoms with Gasteiger partial charge < -0.3 is 9.47 Å². The second-order valence-electron chi connectivity index (χ2n) is 9.56. The van der Waals surface area contributed by atoms with E-state index < -0.39 is 10.5 Å². The smallest absolute Gasteiger partial charge is 0.421 e. The summed E-state index contributed by atoms with van der Waals surface area (Å²) in [5.74, 6) is 1.27. The topological polar surface area (TPSA) is 51.4 Å². The van der Waals surface area contributed by atoms with E-state index >= 15 is 0 Å². The summed E-state index contributed by atoms with van der Waals surface area (Å²) < 4.78 is 14.1. The molecule has 0 unspecified atom stereocenters. The highest BCUT2D eigenvalue weighted by Gasteiger charge is 2.65. The quantitative estimate of drug-likeness (QED) is 0.190. The van der Waals surface area contributed by atoms with Gasteiger partial charge in [-0.3, -0.25) is 0 Å². The Labute approximate surface area is 190 Å². The van der Waals surface area contributed by atoms with Gasteiger partial charge in [-0.2, -0.15) is 0 Å². The maximum Gasteiger partial charge on any atom is 0.421 e. The van der Waals surface area contributed by atoms with Crippen LogP contribution in [0.25, 0.3) is 0 Å². The van der Waals surface area contributed by atoms with Gasteiger partial charge in [0.1, 0.15) is 14.2 Å². The fourth-order valence-electron chi connectivity index (χ4n) is 2.90. The molecular formula is C20H28ClIN2O3S. The third kappa shape index (κ3) is 5.01. The van der Waals surface area contributed by atoms with E-state index in [0.717, 1.165) is 9.26 Å². The average Bonchev–Trinajstić information content (AvgIpc) is 3.40. The van der Waals surface area contributed by atoms with Crippen LogP contribution in [-0.2, 0) is 11.2 Å². The molecule has 156 valence electrons. The van der Waals surface area contributed by atoms with Crippen molar-refractivity contribution in [1.29, 1.82) is 0 Å². The molecule has 0 radical (unpaired) electrons. The maximum absolute atomic E-state index is 12.7. The fraction of sp³-hybridized carbons (Fsp3) is 0.700. The van der Waals surface area contributed by atoms with Gasteiger partial charge in [0.25, 0.3) is 0 Å². The number of carbonyl (C=O) groups is 1. The molecule has 1 amide bonds. The molecule has 2 heterocycles. The summed E-state index contributed by atoms with van der Waals surface area (Å²) in [6.07, 6.45) is 2.80. The lowest BCUT2D eigenvalue weighted by molar-refractivity contribution is 0.0342. The molecule has 0 aromatic carbocycles. The van der Waals surface area contributed by atoms with E-state index in [1.54, 1.807) is 4.31 Å². The maximum atomic E-state index is 12.7. The van der Waals surface area contributed by atoms with Gasteiger partial charge in [0.15, 0.2) is 10.9 Å². The van der Waals surface area contributed by atoms with Gasteiger partial charge in [-0.25, -0.2) is 14.1 Å². The van der Waals surface area contributed by atoms with Crippen LogP contribution in [0.5, 0.6) is 5.75 Å². The first kappa shape index (κ1) is 22.3. The summed E-state index contributed by atoms with van der Waals surface area (Å²) in [5, 5.41) is 0.394. The zero-order valence-electron chi connectivity index (χ0n) is 17.3. The Bertz CT molecular complexity index is 774. The molecule has 1 atom stereocenters. The van der Waals surface area contributed by atoms with E-state index in [1.807, 2.05) is 26.8 Å². The number of amides is 1. The third-order valence-electron chi connectivity index (χ3n) is 4.84. The van der Waals surface area contributed by atoms with E-state index in [0.29, 0.717) is 29.8 Å². The van der Waals surface area contributed by atoms with Gasteiger partial charge in [-0.05, 0) is 91.1 Å². The van der Waals surface area contributed by atoms with Crippen molar-refractivity contribution in [2.45, 2.75) is 71.3 Å². The van der Waals surface area contributed by atoms with E-state index in [-0.39, 0.29) is 11.5 Å². The molecule has 28 heavy (non-hydrogen) atoms. The van der Waals surface area contributed by atoms with E-state index in [4.69, 9.17) is 21.1 Å². The number of hydrogen-bond acceptors (Lipinski definition) is 5. The van der Waals surface area contributed by atoms with Crippen molar-refractivity contribution < 1.29 is 14.3 Å². The van der Waals surface area contributed by atoms with Gasteiger partial charge in [0, 0.05) is 6.42 Å². The van der Waals surface area contributed by atoms with Crippen molar-refractivity contribution in [2.75, 3.05) is 6.61 Å². The fourth-order valence-corrected chi connectivity index (χ4v) is 5.10. The predicted molar refractivity (Wildman–Crippen MR) is 122 cm³/mol. The number of carbonyl (C=O) groups excluding carboxylic acids is 1. The Morgan fingerprint density at radius 2 is 2.00 bits per heavy atom. The largest absolute Gasteiger partial charge is 0.490 e. The van der Waals surface area contributed by atoms with E-state index in [9.17, 15) is 4.79 Å². The molecule has 0 N–H and O–H groups in total. The minimum absolute atomic E-state index is 0.147. The van der Waals surface area contributed by atoms with E-state index in [1.165, 1.54) is 24.8 Å². The highest BCUT2D eigenvalue weighted by Crippen LogP contribution is 2.63. The van der Waals surface area contributed by atoms with Crippen molar-refractivity contribution in [3.05, 3.63) is 20.5 Å². The Balaban J connectivity index is 1.82. The summed E-state index contributed by atoms with van der Waals surface area (Å²) in [5.41, 5.74) is 0.361. The summed E-state index contributed by atoms with van der Waals surface area (Å²) >= 11 is 10.0. The summed E-state index contributed by atoms with van der Waals surface area (Å²) in [6.45, 7) is 12.8. The van der Waals surface area contributed by atoms with Crippen molar-refractivity contribution in [2.24, 2.45) is 11.3 Å². The Morgan fingerprint density at radius 3 is 2.54 bits per heavy atom. The molecule has 2 fully saturated rings. The molecule has 1 aliphatic heterocycles. The number of halogens is 2. The highest BCUT2D eigenvalue weighted by molar-refractivity contribution is 14.1. The molecule has 1 aliphatic carbocycles. The molecule has 1 aromatic heterocycles. The molecular weight excluding hydrogens is 511 g/mol. The van der Waals surface area contributed by atoms with Gasteiger partial charge in [-0.1, -0.05) is 32.4 Å². The second-order valence-corrected chi connectivity index (χ2v) is 12.2. The number of hydrogen-bond donors (Lipinski definition) is 0. The standard InChI is InChI=1S/C20H28ClIN2O3S/c1-18(2,3)20(24(28-20)17(25)27-19(4,5)6)10-13-9-14(15(21)23-16(13)22)26-11-12-7-8-12/h9,12H,7-8,10-11H2,1-6H3/t20-,24?/m0/s1. The van der Waals surface area contributed by atoms with Crippen LogP contribution in [0.3, 0.4) is 0 Å². The number of pyridine rings is 1. The lowest BCUT2D eigenvalue weighted by Gasteiger charge is -2.30. The van der Waals surface area contributed by atoms with Gasteiger partial charge in [-0.15, -0.1) is 0 Å². The number of aromatic nitrogens is 1. The van der Waals surface area contributed by atoms with Crippen LogP contribution < -0.4 is 4.74 Å². The molecule has 3 rings (SSSR count). The highest BCUT2D eigenvalue weighted by atomic mass is 127. The number of rotatable bonds is 5.